The van der Waals surface area contributed by atoms with Crippen LogP contribution < -0.4 is 16.0 Å². The summed E-state index contributed by atoms with van der Waals surface area (Å²) in [5, 5.41) is 9.37. The second-order valence-corrected chi connectivity index (χ2v) is 7.71. The van der Waals surface area contributed by atoms with Crippen molar-refractivity contribution in [2.24, 2.45) is 4.99 Å². The first-order valence-corrected chi connectivity index (χ1v) is 9.62. The third-order valence-electron chi connectivity index (χ3n) is 4.07. The van der Waals surface area contributed by atoms with E-state index in [4.69, 9.17) is 4.74 Å². The predicted molar refractivity (Wildman–Crippen MR) is 122 cm³/mol. The Hall–Kier alpha value is -0.810. The van der Waals surface area contributed by atoms with E-state index in [-0.39, 0.29) is 30.1 Å². The second kappa shape index (κ2) is 14.2. The van der Waals surface area contributed by atoms with E-state index in [0.717, 1.165) is 51.6 Å². The number of hydrogen-bond acceptors (Lipinski definition) is 5. The van der Waals surface area contributed by atoms with Crippen molar-refractivity contribution < 1.29 is 9.53 Å². The van der Waals surface area contributed by atoms with E-state index in [1.807, 2.05) is 20.8 Å². The highest BCUT2D eigenvalue weighted by Crippen LogP contribution is 2.06. The summed E-state index contributed by atoms with van der Waals surface area (Å²) in [5.41, 5.74) is -0.461. The first kappa shape index (κ1) is 26.2. The topological polar surface area (TPSA) is 81.2 Å². The molecule has 27 heavy (non-hydrogen) atoms. The zero-order valence-electron chi connectivity index (χ0n) is 17.6. The number of nitrogens with zero attached hydrogens (tertiary/aromatic N) is 3. The van der Waals surface area contributed by atoms with Crippen LogP contribution in [0.15, 0.2) is 4.99 Å². The lowest BCUT2D eigenvalue weighted by Crippen LogP contribution is -2.43. The predicted octanol–water partition coefficient (Wildman–Crippen LogP) is 1.32. The summed E-state index contributed by atoms with van der Waals surface area (Å²) in [6.45, 7) is 13.4. The van der Waals surface area contributed by atoms with Crippen LogP contribution in [0.25, 0.3) is 0 Å². The Kier molecular flexibility index (Phi) is 13.8. The number of carbonyl (C=O) groups excluding carboxylic acids is 1. The smallest absolute Gasteiger partial charge is 0.407 e. The third kappa shape index (κ3) is 13.9. The molecule has 0 bridgehead atoms. The Morgan fingerprint density at radius 1 is 1.04 bits per heavy atom. The fourth-order valence-electron chi connectivity index (χ4n) is 2.68. The molecular weight excluding hydrogens is 459 g/mol. The molecule has 1 heterocycles. The van der Waals surface area contributed by atoms with Gasteiger partial charge < -0.3 is 30.5 Å². The molecule has 1 aliphatic heterocycles. The van der Waals surface area contributed by atoms with Gasteiger partial charge in [-0.2, -0.15) is 0 Å². The molecule has 160 valence electrons. The van der Waals surface area contributed by atoms with E-state index in [9.17, 15) is 4.79 Å². The van der Waals surface area contributed by atoms with Crippen molar-refractivity contribution in [1.82, 2.24) is 25.8 Å². The zero-order valence-corrected chi connectivity index (χ0v) is 20.0. The molecule has 0 saturated carbocycles. The van der Waals surface area contributed by atoms with Gasteiger partial charge >= 0.3 is 6.09 Å². The average Bonchev–Trinajstić information content (AvgIpc) is 2.75. The third-order valence-corrected chi connectivity index (χ3v) is 4.07. The number of likely N-dealkylation sites (N-methyl/N-ethyl adjacent to an activating group) is 1. The van der Waals surface area contributed by atoms with Crippen molar-refractivity contribution in [3.63, 3.8) is 0 Å². The largest absolute Gasteiger partial charge is 0.444 e. The van der Waals surface area contributed by atoms with Crippen LogP contribution in [0.3, 0.4) is 0 Å². The van der Waals surface area contributed by atoms with Crippen LogP contribution in [0.2, 0.25) is 0 Å². The Labute approximate surface area is 181 Å². The molecule has 0 aromatic rings. The summed E-state index contributed by atoms with van der Waals surface area (Å²) >= 11 is 0. The number of guanidine groups is 1. The number of hydrogen-bond donors (Lipinski definition) is 3. The molecule has 1 amide bonds. The minimum atomic E-state index is -0.461. The summed E-state index contributed by atoms with van der Waals surface area (Å²) < 4.78 is 5.20. The first-order chi connectivity index (χ1) is 12.3. The summed E-state index contributed by atoms with van der Waals surface area (Å²) in [6.07, 6.45) is 1.66. The number of rotatable bonds is 7. The molecule has 9 heteroatoms. The molecule has 0 aromatic heterocycles. The molecule has 1 rings (SSSR count). The van der Waals surface area contributed by atoms with E-state index >= 15 is 0 Å². The highest BCUT2D eigenvalue weighted by Gasteiger charge is 2.15. The van der Waals surface area contributed by atoms with E-state index in [1.165, 1.54) is 13.0 Å². The van der Waals surface area contributed by atoms with Gasteiger partial charge in [-0.1, -0.05) is 0 Å². The molecule has 1 saturated heterocycles. The average molecular weight is 498 g/mol. The summed E-state index contributed by atoms with van der Waals surface area (Å²) in [7, 11) is 3.96. The van der Waals surface area contributed by atoms with Gasteiger partial charge in [0, 0.05) is 46.3 Å². The SMILES string of the molecule is CN=C(NCCCNC(=O)OC(C)(C)C)NCCN1CCCN(C)CC1.I. The number of carbonyl (C=O) groups is 1. The molecular formula is C18H39IN6O2. The molecule has 0 unspecified atom stereocenters. The van der Waals surface area contributed by atoms with Crippen molar-refractivity contribution in [3.8, 4) is 0 Å². The minimum Gasteiger partial charge on any atom is -0.444 e. The van der Waals surface area contributed by atoms with Crippen molar-refractivity contribution in [2.45, 2.75) is 39.2 Å². The van der Waals surface area contributed by atoms with Crippen LogP contribution in [-0.2, 0) is 4.74 Å². The van der Waals surface area contributed by atoms with Gasteiger partial charge in [-0.25, -0.2) is 4.79 Å². The fourth-order valence-corrected chi connectivity index (χ4v) is 2.68. The van der Waals surface area contributed by atoms with Crippen molar-refractivity contribution in [3.05, 3.63) is 0 Å². The Morgan fingerprint density at radius 3 is 2.37 bits per heavy atom. The van der Waals surface area contributed by atoms with E-state index in [0.29, 0.717) is 6.54 Å². The zero-order chi connectivity index (χ0) is 19.4. The maximum atomic E-state index is 11.6. The van der Waals surface area contributed by atoms with Crippen LogP contribution >= 0.6 is 24.0 Å². The number of ether oxygens (including phenoxy) is 1. The number of amides is 1. The number of alkyl carbamates (subject to hydrolysis) is 1. The van der Waals surface area contributed by atoms with Crippen LogP contribution in [0.5, 0.6) is 0 Å². The quantitative estimate of drug-likeness (QED) is 0.213. The van der Waals surface area contributed by atoms with Crippen molar-refractivity contribution in [2.75, 3.05) is 66.5 Å². The van der Waals surface area contributed by atoms with Crippen molar-refractivity contribution >= 4 is 36.0 Å². The molecule has 0 radical (unpaired) electrons. The molecule has 1 aliphatic rings. The normalized spacial score (nSPS) is 16.9. The Bertz CT molecular complexity index is 442. The van der Waals surface area contributed by atoms with E-state index in [1.54, 1.807) is 7.05 Å². The van der Waals surface area contributed by atoms with Gasteiger partial charge in [-0.15, -0.1) is 24.0 Å². The molecule has 8 nitrogen and oxygen atoms in total. The van der Waals surface area contributed by atoms with Gasteiger partial charge in [0.15, 0.2) is 5.96 Å². The Morgan fingerprint density at radius 2 is 1.70 bits per heavy atom. The van der Waals surface area contributed by atoms with Gasteiger partial charge in [0.05, 0.1) is 0 Å². The van der Waals surface area contributed by atoms with Crippen LogP contribution in [0.1, 0.15) is 33.6 Å². The van der Waals surface area contributed by atoms with Gasteiger partial charge in [0.2, 0.25) is 0 Å². The van der Waals surface area contributed by atoms with Gasteiger partial charge in [0.25, 0.3) is 0 Å². The number of aliphatic imine (C=N–C) groups is 1. The lowest BCUT2D eigenvalue weighted by molar-refractivity contribution is 0.0527. The highest BCUT2D eigenvalue weighted by atomic mass is 127. The van der Waals surface area contributed by atoms with Crippen LogP contribution in [0, 0.1) is 0 Å². The highest BCUT2D eigenvalue weighted by molar-refractivity contribution is 14.0. The van der Waals surface area contributed by atoms with Crippen molar-refractivity contribution in [1.29, 1.82) is 0 Å². The van der Waals surface area contributed by atoms with E-state index in [2.05, 4.69) is 37.8 Å². The molecule has 0 atom stereocenters. The lowest BCUT2D eigenvalue weighted by Gasteiger charge is -2.21. The number of halogens is 1. The first-order valence-electron chi connectivity index (χ1n) is 9.62. The maximum Gasteiger partial charge on any atom is 0.407 e. The van der Waals surface area contributed by atoms with Crippen LogP contribution in [-0.4, -0.2) is 93.9 Å². The van der Waals surface area contributed by atoms with Gasteiger partial charge in [0.1, 0.15) is 5.60 Å². The monoisotopic (exact) mass is 498 g/mol. The molecule has 3 N–H and O–H groups in total. The fraction of sp³-hybridized carbons (Fsp3) is 0.889. The molecule has 0 spiro atoms. The Balaban J connectivity index is 0.00000676. The molecule has 1 fully saturated rings. The van der Waals surface area contributed by atoms with Gasteiger partial charge in [-0.3, -0.25) is 4.99 Å². The van der Waals surface area contributed by atoms with Gasteiger partial charge in [-0.05, 0) is 53.8 Å². The second-order valence-electron chi connectivity index (χ2n) is 7.71. The summed E-state index contributed by atoms with van der Waals surface area (Å²) in [4.78, 5) is 20.7. The molecule has 0 aromatic carbocycles. The molecule has 0 aliphatic carbocycles. The lowest BCUT2D eigenvalue weighted by atomic mass is 10.2. The number of nitrogens with one attached hydrogen (secondary N) is 3. The van der Waals surface area contributed by atoms with Crippen LogP contribution in [0.4, 0.5) is 4.79 Å². The summed E-state index contributed by atoms with van der Waals surface area (Å²) in [5.74, 6) is 0.800. The standard InChI is InChI=1S/C18H38N6O2.HI/c1-18(2,3)26-17(25)22-9-6-8-20-16(19-4)21-10-13-24-12-7-11-23(5)14-15-24;/h6-15H2,1-5H3,(H,22,25)(H2,19,20,21);1H. The van der Waals surface area contributed by atoms with E-state index < -0.39 is 5.60 Å². The maximum absolute atomic E-state index is 11.6. The summed E-state index contributed by atoms with van der Waals surface area (Å²) in [6, 6.07) is 0. The minimum absolute atomic E-state index is 0.